The number of rotatable bonds is 5. The van der Waals surface area contributed by atoms with Gasteiger partial charge in [0, 0.05) is 24.0 Å². The molecule has 0 radical (unpaired) electrons. The van der Waals surface area contributed by atoms with E-state index >= 15 is 0 Å². The van der Waals surface area contributed by atoms with Crippen molar-refractivity contribution in [3.63, 3.8) is 0 Å². The van der Waals surface area contributed by atoms with Crippen LogP contribution in [-0.4, -0.2) is 43.9 Å². The average molecular weight is 317 g/mol. The second kappa shape index (κ2) is 5.84. The van der Waals surface area contributed by atoms with Crippen LogP contribution in [0.2, 0.25) is 0 Å². The zero-order chi connectivity index (χ0) is 15.7. The monoisotopic (exact) mass is 317 g/mol. The summed E-state index contributed by atoms with van der Waals surface area (Å²) in [5, 5.41) is 9.92. The van der Waals surface area contributed by atoms with Crippen LogP contribution in [0, 0.1) is 0 Å². The number of amides is 1. The Labute approximate surface area is 131 Å². The third-order valence-electron chi connectivity index (χ3n) is 3.59. The van der Waals surface area contributed by atoms with Crippen molar-refractivity contribution in [2.45, 2.75) is 31.8 Å². The van der Waals surface area contributed by atoms with Crippen molar-refractivity contribution in [1.29, 1.82) is 0 Å². The second-order valence-electron chi connectivity index (χ2n) is 5.22. The van der Waals surface area contributed by atoms with Crippen molar-refractivity contribution in [3.05, 3.63) is 35.6 Å². The molecule has 1 aliphatic carbocycles. The molecule has 7 heteroatoms. The van der Waals surface area contributed by atoms with Gasteiger partial charge in [-0.25, -0.2) is 9.78 Å². The van der Waals surface area contributed by atoms with Gasteiger partial charge in [0.25, 0.3) is 5.91 Å². The van der Waals surface area contributed by atoms with E-state index in [0.717, 1.165) is 23.4 Å². The Hall–Kier alpha value is -2.28. The molecule has 0 saturated heterocycles. The zero-order valence-corrected chi connectivity index (χ0v) is 12.8. The van der Waals surface area contributed by atoms with E-state index in [0.29, 0.717) is 4.88 Å². The standard InChI is InChI=1S/C15H15N3O3S/c1-9(15(20)21)18(11-2-3-11)14(19)12-8-17-13(22-12)10-4-6-16-7-5-10/h4-9,11H,2-3H2,1H3,(H,20,21). The number of carboxylic acid groups (broad SMARTS) is 1. The average Bonchev–Trinajstić information content (AvgIpc) is 3.23. The van der Waals surface area contributed by atoms with E-state index in [1.165, 1.54) is 22.4 Å². The van der Waals surface area contributed by atoms with Crippen LogP contribution < -0.4 is 0 Å². The fraction of sp³-hybridized carbons (Fsp3) is 0.333. The van der Waals surface area contributed by atoms with Gasteiger partial charge < -0.3 is 10.0 Å². The summed E-state index contributed by atoms with van der Waals surface area (Å²) in [4.78, 5) is 34.0. The molecule has 1 aliphatic rings. The Bertz CT molecular complexity index is 697. The van der Waals surface area contributed by atoms with Gasteiger partial charge in [-0.15, -0.1) is 11.3 Å². The van der Waals surface area contributed by atoms with Crippen molar-refractivity contribution in [2.24, 2.45) is 0 Å². The summed E-state index contributed by atoms with van der Waals surface area (Å²) in [6.45, 7) is 1.55. The molecule has 6 nitrogen and oxygen atoms in total. The summed E-state index contributed by atoms with van der Waals surface area (Å²) in [6.07, 6.45) is 6.58. The quantitative estimate of drug-likeness (QED) is 0.914. The number of aromatic nitrogens is 2. The number of nitrogens with zero attached hydrogens (tertiary/aromatic N) is 3. The summed E-state index contributed by atoms with van der Waals surface area (Å²) >= 11 is 1.27. The molecule has 1 N–H and O–H groups in total. The normalized spacial score (nSPS) is 15.3. The van der Waals surface area contributed by atoms with Gasteiger partial charge in [-0.05, 0) is 31.9 Å². The predicted octanol–water partition coefficient (Wildman–Crippen LogP) is 2.28. The SMILES string of the molecule is CC(C(=O)O)N(C(=O)c1cnc(-c2ccncc2)s1)C1CC1. The Morgan fingerprint density at radius 1 is 1.36 bits per heavy atom. The second-order valence-corrected chi connectivity index (χ2v) is 6.25. The maximum Gasteiger partial charge on any atom is 0.326 e. The van der Waals surface area contributed by atoms with E-state index in [1.807, 2.05) is 12.1 Å². The van der Waals surface area contributed by atoms with Gasteiger partial charge in [0.2, 0.25) is 0 Å². The molecule has 2 aromatic rings. The molecule has 114 valence electrons. The van der Waals surface area contributed by atoms with Crippen LogP contribution in [0.4, 0.5) is 0 Å². The molecule has 1 atom stereocenters. The molecule has 2 heterocycles. The van der Waals surface area contributed by atoms with Gasteiger partial charge in [0.15, 0.2) is 0 Å². The van der Waals surface area contributed by atoms with Gasteiger partial charge in [-0.1, -0.05) is 0 Å². The van der Waals surface area contributed by atoms with Gasteiger partial charge in [0.05, 0.1) is 6.20 Å². The highest BCUT2D eigenvalue weighted by atomic mass is 32.1. The van der Waals surface area contributed by atoms with Crippen LogP contribution in [-0.2, 0) is 4.79 Å². The number of carboxylic acids is 1. The molecule has 3 rings (SSSR count). The fourth-order valence-electron chi connectivity index (χ4n) is 2.26. The Morgan fingerprint density at radius 3 is 2.64 bits per heavy atom. The van der Waals surface area contributed by atoms with Gasteiger partial charge in [0.1, 0.15) is 15.9 Å². The smallest absolute Gasteiger partial charge is 0.326 e. The van der Waals surface area contributed by atoms with Crippen LogP contribution >= 0.6 is 11.3 Å². The third-order valence-corrected chi connectivity index (χ3v) is 4.63. The minimum absolute atomic E-state index is 0.0325. The molecule has 1 fully saturated rings. The van der Waals surface area contributed by atoms with Crippen molar-refractivity contribution in [2.75, 3.05) is 0 Å². The molecule has 1 saturated carbocycles. The van der Waals surface area contributed by atoms with E-state index in [1.54, 1.807) is 19.3 Å². The maximum absolute atomic E-state index is 12.6. The summed E-state index contributed by atoms with van der Waals surface area (Å²) in [5.74, 6) is -1.24. The molecule has 1 amide bonds. The lowest BCUT2D eigenvalue weighted by Crippen LogP contribution is -2.44. The van der Waals surface area contributed by atoms with Gasteiger partial charge in [-0.2, -0.15) is 0 Å². The summed E-state index contributed by atoms with van der Waals surface area (Å²) in [6, 6.07) is 2.86. The minimum Gasteiger partial charge on any atom is -0.480 e. The van der Waals surface area contributed by atoms with E-state index in [-0.39, 0.29) is 11.9 Å². The maximum atomic E-state index is 12.6. The van der Waals surface area contributed by atoms with Crippen molar-refractivity contribution in [1.82, 2.24) is 14.9 Å². The lowest BCUT2D eigenvalue weighted by atomic mass is 10.2. The summed E-state index contributed by atoms with van der Waals surface area (Å²) in [7, 11) is 0. The van der Waals surface area contributed by atoms with Crippen LogP contribution in [0.3, 0.4) is 0 Å². The highest BCUT2D eigenvalue weighted by Crippen LogP contribution is 2.32. The first-order valence-corrected chi connectivity index (χ1v) is 7.81. The minimum atomic E-state index is -0.987. The lowest BCUT2D eigenvalue weighted by Gasteiger charge is -2.25. The molecular formula is C15H15N3O3S. The summed E-state index contributed by atoms with van der Waals surface area (Å²) in [5.41, 5.74) is 0.892. The number of aliphatic carboxylic acids is 1. The lowest BCUT2D eigenvalue weighted by molar-refractivity contribution is -0.141. The summed E-state index contributed by atoms with van der Waals surface area (Å²) < 4.78 is 0. The molecule has 2 aromatic heterocycles. The fourth-order valence-corrected chi connectivity index (χ4v) is 3.12. The van der Waals surface area contributed by atoms with Crippen molar-refractivity contribution < 1.29 is 14.7 Å². The van der Waals surface area contributed by atoms with E-state index in [4.69, 9.17) is 0 Å². The number of hydrogen-bond acceptors (Lipinski definition) is 5. The van der Waals surface area contributed by atoms with Crippen LogP contribution in [0.1, 0.15) is 29.4 Å². The van der Waals surface area contributed by atoms with E-state index in [9.17, 15) is 14.7 Å². The molecule has 0 aliphatic heterocycles. The molecule has 0 bridgehead atoms. The topological polar surface area (TPSA) is 83.4 Å². The molecule has 22 heavy (non-hydrogen) atoms. The predicted molar refractivity (Wildman–Crippen MR) is 81.6 cm³/mol. The van der Waals surface area contributed by atoms with Crippen molar-refractivity contribution in [3.8, 4) is 10.6 Å². The zero-order valence-electron chi connectivity index (χ0n) is 12.0. The van der Waals surface area contributed by atoms with E-state index in [2.05, 4.69) is 9.97 Å². The van der Waals surface area contributed by atoms with Crippen LogP contribution in [0.25, 0.3) is 10.6 Å². The molecular weight excluding hydrogens is 302 g/mol. The Balaban J connectivity index is 1.85. The highest BCUT2D eigenvalue weighted by molar-refractivity contribution is 7.16. The molecule has 0 aromatic carbocycles. The van der Waals surface area contributed by atoms with Gasteiger partial charge in [-0.3, -0.25) is 9.78 Å². The van der Waals surface area contributed by atoms with Crippen molar-refractivity contribution >= 4 is 23.2 Å². The number of carbonyl (C=O) groups excluding carboxylic acids is 1. The first-order valence-electron chi connectivity index (χ1n) is 6.99. The molecule has 0 spiro atoms. The van der Waals surface area contributed by atoms with Gasteiger partial charge >= 0.3 is 5.97 Å². The Kier molecular flexibility index (Phi) is 3.89. The van der Waals surface area contributed by atoms with Crippen LogP contribution in [0.15, 0.2) is 30.7 Å². The number of carbonyl (C=O) groups is 2. The van der Waals surface area contributed by atoms with Crippen LogP contribution in [0.5, 0.6) is 0 Å². The molecule has 1 unspecified atom stereocenters. The first-order chi connectivity index (χ1) is 10.6. The largest absolute Gasteiger partial charge is 0.480 e. The van der Waals surface area contributed by atoms with E-state index < -0.39 is 12.0 Å². The Morgan fingerprint density at radius 2 is 2.05 bits per heavy atom. The third kappa shape index (κ3) is 2.85. The highest BCUT2D eigenvalue weighted by Gasteiger charge is 2.39. The number of hydrogen-bond donors (Lipinski definition) is 1. The number of pyridine rings is 1. The first kappa shape index (κ1) is 14.6. The number of thiazole rings is 1.